The summed E-state index contributed by atoms with van der Waals surface area (Å²) >= 11 is 0. The van der Waals surface area contributed by atoms with Crippen LogP contribution < -0.4 is 11.4 Å². The van der Waals surface area contributed by atoms with E-state index >= 15 is 0 Å². The Morgan fingerprint density at radius 3 is 2.80 bits per heavy atom. The van der Waals surface area contributed by atoms with Crippen LogP contribution in [0.3, 0.4) is 0 Å². The third-order valence-electron chi connectivity index (χ3n) is 3.43. The first kappa shape index (κ1) is 13.5. The molecule has 0 amide bonds. The first-order chi connectivity index (χ1) is 9.41. The number of nitrogens with zero attached hydrogens (tertiary/aromatic N) is 2. The predicted octanol–water partition coefficient (Wildman–Crippen LogP) is -0.765. The molecule has 1 aromatic rings. The predicted molar refractivity (Wildman–Crippen MR) is 67.7 cm³/mol. The zero-order chi connectivity index (χ0) is 14.5. The van der Waals surface area contributed by atoms with E-state index in [9.17, 15) is 9.90 Å². The fourth-order valence-corrected chi connectivity index (χ4v) is 2.65. The lowest BCUT2D eigenvalue weighted by molar-refractivity contribution is -0.200. The summed E-state index contributed by atoms with van der Waals surface area (Å²) in [5.74, 6) is -0.640. The minimum Gasteiger partial charge on any atom is -0.394 e. The number of aromatic nitrogens is 2. The molecule has 1 aromatic heterocycles. The number of nitrogens with two attached hydrogens (primary N) is 1. The van der Waals surface area contributed by atoms with Crippen LogP contribution in [0, 0.1) is 0 Å². The summed E-state index contributed by atoms with van der Waals surface area (Å²) in [6.45, 7) is 3.34. The monoisotopic (exact) mass is 283 g/mol. The molecule has 8 heteroatoms. The first-order valence-corrected chi connectivity index (χ1v) is 6.38. The lowest BCUT2D eigenvalue weighted by Gasteiger charge is -2.24. The van der Waals surface area contributed by atoms with Gasteiger partial charge in [-0.1, -0.05) is 0 Å². The Hall–Kier alpha value is -1.48. The minimum atomic E-state index is -0.782. The quantitative estimate of drug-likeness (QED) is 0.734. The molecular formula is C12H17N3O5. The molecule has 3 N–H and O–H groups in total. The maximum absolute atomic E-state index is 11.9. The molecule has 0 aromatic carbocycles. The van der Waals surface area contributed by atoms with E-state index in [2.05, 4.69) is 4.98 Å². The largest absolute Gasteiger partial charge is 0.394 e. The lowest BCUT2D eigenvalue weighted by atomic mass is 10.1. The second-order valence-electron chi connectivity index (χ2n) is 5.35. The summed E-state index contributed by atoms with van der Waals surface area (Å²) in [5.41, 5.74) is 4.94. The third-order valence-corrected chi connectivity index (χ3v) is 3.43. The van der Waals surface area contributed by atoms with E-state index in [1.807, 2.05) is 0 Å². The number of aliphatic hydroxyl groups excluding tert-OH is 1. The van der Waals surface area contributed by atoms with Gasteiger partial charge in [-0.05, 0) is 19.9 Å². The Morgan fingerprint density at radius 1 is 1.45 bits per heavy atom. The topological polar surface area (TPSA) is 109 Å². The fraction of sp³-hybridized carbons (Fsp3) is 0.667. The standard InChI is InChI=1S/C12H17N3O5/c1-12(2)19-8-6(5-16)18-10(9(8)20-12)15-4-3-7(13)14-11(15)17/h3-4,6,8-10,16H,5H2,1-2H3,(H2,13,14,17)/t6-,8+,9?,10-/m1/s1. The summed E-state index contributed by atoms with van der Waals surface area (Å²) in [6, 6.07) is 1.51. The van der Waals surface area contributed by atoms with E-state index in [1.54, 1.807) is 13.8 Å². The van der Waals surface area contributed by atoms with Crippen molar-refractivity contribution >= 4 is 5.82 Å². The molecule has 2 fully saturated rings. The minimum absolute atomic E-state index is 0.142. The molecule has 0 bridgehead atoms. The molecule has 2 aliphatic rings. The Morgan fingerprint density at radius 2 is 2.15 bits per heavy atom. The molecule has 3 heterocycles. The van der Waals surface area contributed by atoms with E-state index in [4.69, 9.17) is 19.9 Å². The molecule has 2 aliphatic heterocycles. The van der Waals surface area contributed by atoms with Gasteiger partial charge in [0.25, 0.3) is 0 Å². The van der Waals surface area contributed by atoms with Crippen molar-refractivity contribution in [2.75, 3.05) is 12.3 Å². The molecule has 2 saturated heterocycles. The van der Waals surface area contributed by atoms with Gasteiger partial charge in [-0.3, -0.25) is 4.57 Å². The van der Waals surface area contributed by atoms with Gasteiger partial charge in [0.15, 0.2) is 12.0 Å². The maximum Gasteiger partial charge on any atom is 0.351 e. The average molecular weight is 283 g/mol. The molecule has 0 aliphatic carbocycles. The SMILES string of the molecule is CC1(C)OC2[C@@H](O1)[C@@H](CO)O[C@H]2n1ccc(N)nc1=O. The van der Waals surface area contributed by atoms with Crippen LogP contribution in [0.4, 0.5) is 5.82 Å². The number of ether oxygens (including phenoxy) is 3. The van der Waals surface area contributed by atoms with Gasteiger partial charge < -0.3 is 25.1 Å². The van der Waals surface area contributed by atoms with Gasteiger partial charge >= 0.3 is 5.69 Å². The number of aliphatic hydroxyl groups is 1. The first-order valence-electron chi connectivity index (χ1n) is 6.38. The normalized spacial score (nSPS) is 35.1. The van der Waals surface area contributed by atoms with E-state index < -0.39 is 36.0 Å². The highest BCUT2D eigenvalue weighted by Gasteiger charge is 2.55. The van der Waals surface area contributed by atoms with Crippen molar-refractivity contribution in [2.45, 2.75) is 44.2 Å². The van der Waals surface area contributed by atoms with Crippen molar-refractivity contribution in [2.24, 2.45) is 0 Å². The highest BCUT2D eigenvalue weighted by Crippen LogP contribution is 2.42. The summed E-state index contributed by atoms with van der Waals surface area (Å²) in [4.78, 5) is 15.6. The number of hydrogen-bond acceptors (Lipinski definition) is 7. The zero-order valence-corrected chi connectivity index (χ0v) is 11.2. The van der Waals surface area contributed by atoms with E-state index in [-0.39, 0.29) is 12.4 Å². The van der Waals surface area contributed by atoms with Crippen molar-refractivity contribution in [3.05, 3.63) is 22.7 Å². The number of hydrogen-bond donors (Lipinski definition) is 2. The highest BCUT2D eigenvalue weighted by atomic mass is 16.8. The maximum atomic E-state index is 11.9. The van der Waals surface area contributed by atoms with Gasteiger partial charge in [0.1, 0.15) is 24.1 Å². The second kappa shape index (κ2) is 4.52. The average Bonchev–Trinajstić information content (AvgIpc) is 2.83. The molecule has 4 atom stereocenters. The molecule has 1 unspecified atom stereocenters. The second-order valence-corrected chi connectivity index (χ2v) is 5.35. The smallest absolute Gasteiger partial charge is 0.351 e. The fourth-order valence-electron chi connectivity index (χ4n) is 2.65. The van der Waals surface area contributed by atoms with Crippen molar-refractivity contribution in [3.63, 3.8) is 0 Å². The third kappa shape index (κ3) is 2.10. The number of nitrogen functional groups attached to an aromatic ring is 1. The van der Waals surface area contributed by atoms with Gasteiger partial charge in [-0.25, -0.2) is 4.79 Å². The zero-order valence-electron chi connectivity index (χ0n) is 11.2. The van der Waals surface area contributed by atoms with Gasteiger partial charge in [0, 0.05) is 6.20 Å². The van der Waals surface area contributed by atoms with Crippen molar-refractivity contribution in [1.82, 2.24) is 9.55 Å². The lowest BCUT2D eigenvalue weighted by Crippen LogP contribution is -2.35. The number of rotatable bonds is 2. The molecular weight excluding hydrogens is 266 g/mol. The van der Waals surface area contributed by atoms with Crippen LogP contribution in [0.2, 0.25) is 0 Å². The van der Waals surface area contributed by atoms with Crippen LogP contribution in [0.1, 0.15) is 20.1 Å². The van der Waals surface area contributed by atoms with Gasteiger partial charge in [0.2, 0.25) is 0 Å². The van der Waals surface area contributed by atoms with Gasteiger partial charge in [0.05, 0.1) is 6.61 Å². The molecule has 8 nitrogen and oxygen atoms in total. The van der Waals surface area contributed by atoms with E-state index in [1.165, 1.54) is 16.8 Å². The highest BCUT2D eigenvalue weighted by molar-refractivity contribution is 5.23. The number of anilines is 1. The summed E-state index contributed by atoms with van der Waals surface area (Å²) in [5, 5.41) is 9.38. The summed E-state index contributed by atoms with van der Waals surface area (Å²) < 4.78 is 18.5. The molecule has 110 valence electrons. The van der Waals surface area contributed by atoms with Crippen LogP contribution in [0.15, 0.2) is 17.1 Å². The van der Waals surface area contributed by atoms with E-state index in [0.717, 1.165) is 0 Å². The van der Waals surface area contributed by atoms with Crippen LogP contribution >= 0.6 is 0 Å². The Bertz CT molecular complexity index is 572. The molecule has 0 radical (unpaired) electrons. The van der Waals surface area contributed by atoms with Crippen LogP contribution in [-0.2, 0) is 14.2 Å². The van der Waals surface area contributed by atoms with Crippen molar-refractivity contribution in [3.8, 4) is 0 Å². The molecule has 0 spiro atoms. The van der Waals surface area contributed by atoms with Crippen LogP contribution in [0.25, 0.3) is 0 Å². The number of fused-ring (bicyclic) bond motifs is 1. The molecule has 3 rings (SSSR count). The molecule has 20 heavy (non-hydrogen) atoms. The van der Waals surface area contributed by atoms with Crippen molar-refractivity contribution in [1.29, 1.82) is 0 Å². The Balaban J connectivity index is 1.96. The molecule has 0 saturated carbocycles. The van der Waals surface area contributed by atoms with Crippen LogP contribution in [0.5, 0.6) is 0 Å². The summed E-state index contributed by atoms with van der Waals surface area (Å²) in [7, 11) is 0. The summed E-state index contributed by atoms with van der Waals surface area (Å²) in [6.07, 6.45) is -0.647. The van der Waals surface area contributed by atoms with Crippen molar-refractivity contribution < 1.29 is 19.3 Å². The van der Waals surface area contributed by atoms with Gasteiger partial charge in [-0.2, -0.15) is 4.98 Å². The van der Waals surface area contributed by atoms with Gasteiger partial charge in [-0.15, -0.1) is 0 Å². The Kier molecular flexibility index (Phi) is 3.05. The van der Waals surface area contributed by atoms with Crippen LogP contribution in [-0.4, -0.2) is 45.4 Å². The Labute approximate surface area is 115 Å². The van der Waals surface area contributed by atoms with E-state index in [0.29, 0.717) is 0 Å².